The molecule has 0 bridgehead atoms. The predicted molar refractivity (Wildman–Crippen MR) is 265 cm³/mol. The molecule has 0 spiro atoms. The molecule has 0 heterocycles. The summed E-state index contributed by atoms with van der Waals surface area (Å²) in [4.78, 5) is 37.9. The first-order valence-corrected chi connectivity index (χ1v) is 25.3. The quantitative estimate of drug-likeness (QED) is 0.0200. The minimum Gasteiger partial charge on any atom is -0.462 e. The third-order valence-corrected chi connectivity index (χ3v) is 10.4. The molecule has 0 saturated heterocycles. The average Bonchev–Trinajstić information content (AvgIpc) is 3.27. The molecule has 0 saturated carbocycles. The van der Waals surface area contributed by atoms with E-state index in [1.165, 1.54) is 77.0 Å². The molecule has 0 aromatic rings. The first-order chi connectivity index (χ1) is 30.5. The highest BCUT2D eigenvalue weighted by Crippen LogP contribution is 2.14. The van der Waals surface area contributed by atoms with Gasteiger partial charge in [-0.3, -0.25) is 14.4 Å². The molecule has 1 atom stereocenters. The molecule has 0 rings (SSSR count). The lowest BCUT2D eigenvalue weighted by molar-refractivity contribution is -0.167. The third-order valence-electron chi connectivity index (χ3n) is 10.4. The SMILES string of the molecule is CC\C=C/C=C\C=C/C=C\CCCCCC(=O)OC(COC(=O)CCCCCCC/C=C\C/C=C\CC)COC(=O)CCCCCCCCCCCC/C=C\C=C/CCCCC. The summed E-state index contributed by atoms with van der Waals surface area (Å²) in [7, 11) is 0. The Hall–Kier alpha value is -3.67. The zero-order chi connectivity index (χ0) is 45.1. The first-order valence-electron chi connectivity index (χ1n) is 25.3. The Balaban J connectivity index is 4.41. The molecular formula is C56H92O6. The molecule has 0 radical (unpaired) electrons. The van der Waals surface area contributed by atoms with Gasteiger partial charge in [-0.15, -0.1) is 0 Å². The van der Waals surface area contributed by atoms with Crippen molar-refractivity contribution in [1.82, 2.24) is 0 Å². The molecule has 6 heteroatoms. The normalized spacial score (nSPS) is 12.9. The molecule has 0 aliphatic heterocycles. The van der Waals surface area contributed by atoms with E-state index in [4.69, 9.17) is 14.2 Å². The second kappa shape index (κ2) is 50.0. The fourth-order valence-electron chi connectivity index (χ4n) is 6.66. The van der Waals surface area contributed by atoms with Gasteiger partial charge in [-0.1, -0.05) is 208 Å². The lowest BCUT2D eigenvalue weighted by Crippen LogP contribution is -2.30. The summed E-state index contributed by atoms with van der Waals surface area (Å²) in [6.45, 7) is 6.30. The molecule has 0 aromatic carbocycles. The van der Waals surface area contributed by atoms with E-state index in [1.807, 2.05) is 36.5 Å². The van der Waals surface area contributed by atoms with Gasteiger partial charge in [-0.2, -0.15) is 0 Å². The van der Waals surface area contributed by atoms with Crippen LogP contribution in [0.5, 0.6) is 0 Å². The van der Waals surface area contributed by atoms with Gasteiger partial charge in [0.15, 0.2) is 6.10 Å². The zero-order valence-corrected chi connectivity index (χ0v) is 40.1. The Morgan fingerprint density at radius 2 is 0.710 bits per heavy atom. The van der Waals surface area contributed by atoms with E-state index in [-0.39, 0.29) is 37.5 Å². The lowest BCUT2D eigenvalue weighted by atomic mass is 10.1. The molecular weight excluding hydrogens is 769 g/mol. The number of hydrogen-bond donors (Lipinski definition) is 0. The molecule has 0 aromatic heterocycles. The molecule has 0 amide bonds. The van der Waals surface area contributed by atoms with E-state index in [1.54, 1.807) is 0 Å². The monoisotopic (exact) mass is 861 g/mol. The summed E-state index contributed by atoms with van der Waals surface area (Å²) >= 11 is 0. The van der Waals surface area contributed by atoms with Crippen LogP contribution in [0.3, 0.4) is 0 Å². The lowest BCUT2D eigenvalue weighted by Gasteiger charge is -2.18. The maximum atomic E-state index is 12.8. The van der Waals surface area contributed by atoms with Gasteiger partial charge in [0.05, 0.1) is 0 Å². The van der Waals surface area contributed by atoms with Crippen LogP contribution in [0.2, 0.25) is 0 Å². The van der Waals surface area contributed by atoms with Crippen LogP contribution in [0.25, 0.3) is 0 Å². The van der Waals surface area contributed by atoms with Crippen molar-refractivity contribution in [2.24, 2.45) is 0 Å². The number of carbonyl (C=O) groups excluding carboxylic acids is 3. The van der Waals surface area contributed by atoms with Crippen LogP contribution in [0.4, 0.5) is 0 Å². The third kappa shape index (κ3) is 47.4. The minimum absolute atomic E-state index is 0.101. The molecule has 0 aliphatic rings. The second-order valence-electron chi connectivity index (χ2n) is 16.4. The van der Waals surface area contributed by atoms with Crippen molar-refractivity contribution in [3.63, 3.8) is 0 Å². The fourth-order valence-corrected chi connectivity index (χ4v) is 6.66. The summed E-state index contributed by atoms with van der Waals surface area (Å²) < 4.78 is 16.7. The van der Waals surface area contributed by atoms with Gasteiger partial charge in [0.25, 0.3) is 0 Å². The highest BCUT2D eigenvalue weighted by molar-refractivity contribution is 5.71. The highest BCUT2D eigenvalue weighted by Gasteiger charge is 2.19. The van der Waals surface area contributed by atoms with E-state index in [2.05, 4.69) is 81.5 Å². The second-order valence-corrected chi connectivity index (χ2v) is 16.4. The molecule has 352 valence electrons. The van der Waals surface area contributed by atoms with Crippen molar-refractivity contribution < 1.29 is 28.6 Å². The molecule has 0 aliphatic carbocycles. The maximum Gasteiger partial charge on any atom is 0.306 e. The molecule has 62 heavy (non-hydrogen) atoms. The zero-order valence-electron chi connectivity index (χ0n) is 40.1. The van der Waals surface area contributed by atoms with Crippen molar-refractivity contribution >= 4 is 17.9 Å². The van der Waals surface area contributed by atoms with Crippen LogP contribution in [0, 0.1) is 0 Å². The molecule has 0 fully saturated rings. The van der Waals surface area contributed by atoms with Crippen LogP contribution in [-0.4, -0.2) is 37.2 Å². The number of allylic oxidation sites excluding steroid dienone is 16. The van der Waals surface area contributed by atoms with E-state index in [0.717, 1.165) is 96.3 Å². The van der Waals surface area contributed by atoms with Gasteiger partial charge in [0.2, 0.25) is 0 Å². The Morgan fingerprint density at radius 3 is 1.19 bits per heavy atom. The summed E-state index contributed by atoms with van der Waals surface area (Å²) in [6, 6.07) is 0. The van der Waals surface area contributed by atoms with Crippen LogP contribution in [0.15, 0.2) is 97.2 Å². The van der Waals surface area contributed by atoms with Crippen molar-refractivity contribution in [2.45, 2.75) is 226 Å². The largest absolute Gasteiger partial charge is 0.462 e. The Bertz CT molecular complexity index is 1260. The smallest absolute Gasteiger partial charge is 0.306 e. The van der Waals surface area contributed by atoms with E-state index >= 15 is 0 Å². The van der Waals surface area contributed by atoms with Crippen molar-refractivity contribution in [3.8, 4) is 0 Å². The molecule has 1 unspecified atom stereocenters. The van der Waals surface area contributed by atoms with Gasteiger partial charge >= 0.3 is 17.9 Å². The summed E-state index contributed by atoms with van der Waals surface area (Å²) in [5.41, 5.74) is 0. The standard InChI is InChI=1S/C56H92O6/c1-4-7-10-13-16-19-22-25-26-27-28-29-30-32-34-37-40-43-46-49-55(58)61-52-53(51-60-54(57)48-45-42-39-36-33-24-21-18-15-12-9-6-3)62-56(59)50-47-44-41-38-35-31-23-20-17-14-11-8-5-2/h8-9,11-12,14,16-23,25,31,35,53H,4-7,10,13,15,24,26-30,32-34,36-52H2,1-3H3/b11-8-,12-9-,17-14-,19-16-,21-18-,23-20-,25-22-,35-31-. The van der Waals surface area contributed by atoms with E-state index in [0.29, 0.717) is 19.3 Å². The number of rotatable bonds is 44. The maximum absolute atomic E-state index is 12.8. The highest BCUT2D eigenvalue weighted by atomic mass is 16.6. The van der Waals surface area contributed by atoms with Gasteiger partial charge < -0.3 is 14.2 Å². The average molecular weight is 861 g/mol. The van der Waals surface area contributed by atoms with E-state index in [9.17, 15) is 14.4 Å². The van der Waals surface area contributed by atoms with Crippen molar-refractivity contribution in [3.05, 3.63) is 97.2 Å². The number of carbonyl (C=O) groups is 3. The van der Waals surface area contributed by atoms with Gasteiger partial charge in [0.1, 0.15) is 13.2 Å². The fraction of sp³-hybridized carbons (Fsp3) is 0.661. The minimum atomic E-state index is -0.805. The first kappa shape index (κ1) is 58.3. The van der Waals surface area contributed by atoms with Crippen LogP contribution < -0.4 is 0 Å². The van der Waals surface area contributed by atoms with E-state index < -0.39 is 6.10 Å². The topological polar surface area (TPSA) is 78.9 Å². The van der Waals surface area contributed by atoms with Gasteiger partial charge in [-0.05, 0) is 89.9 Å². The molecule has 6 nitrogen and oxygen atoms in total. The van der Waals surface area contributed by atoms with Gasteiger partial charge in [0, 0.05) is 19.3 Å². The summed E-state index contributed by atoms with van der Waals surface area (Å²) in [5, 5.41) is 0. The Labute approximate surface area is 381 Å². The van der Waals surface area contributed by atoms with Crippen LogP contribution in [0.1, 0.15) is 220 Å². The predicted octanol–water partition coefficient (Wildman–Crippen LogP) is 16.6. The molecule has 0 N–H and O–H groups in total. The van der Waals surface area contributed by atoms with Crippen molar-refractivity contribution in [2.75, 3.05) is 13.2 Å². The number of hydrogen-bond acceptors (Lipinski definition) is 6. The van der Waals surface area contributed by atoms with Crippen LogP contribution in [-0.2, 0) is 28.6 Å². The Morgan fingerprint density at radius 1 is 0.355 bits per heavy atom. The summed E-state index contributed by atoms with van der Waals surface area (Å²) in [6.07, 6.45) is 65.4. The van der Waals surface area contributed by atoms with Crippen LogP contribution >= 0.6 is 0 Å². The number of ether oxygens (including phenoxy) is 3. The number of esters is 3. The van der Waals surface area contributed by atoms with Gasteiger partial charge in [-0.25, -0.2) is 0 Å². The summed E-state index contributed by atoms with van der Waals surface area (Å²) in [5.74, 6) is -0.964. The van der Waals surface area contributed by atoms with Crippen molar-refractivity contribution in [1.29, 1.82) is 0 Å². The number of unbranched alkanes of at least 4 members (excludes halogenated alkanes) is 21. The Kier molecular flexibility index (Phi) is 47.0.